The van der Waals surface area contributed by atoms with Gasteiger partial charge >= 0.3 is 0 Å². The van der Waals surface area contributed by atoms with Gasteiger partial charge in [-0.3, -0.25) is 0 Å². The second kappa shape index (κ2) is 9.35. The number of ether oxygens (including phenoxy) is 1. The van der Waals surface area contributed by atoms with Crippen LogP contribution in [0.4, 0.5) is 0 Å². The Balaban J connectivity index is 0.00000225. The summed E-state index contributed by atoms with van der Waals surface area (Å²) in [5.41, 5.74) is 3.09. The van der Waals surface area contributed by atoms with Crippen molar-refractivity contribution in [3.8, 4) is 0 Å². The topological polar surface area (TPSA) is 41.5 Å². The largest absolute Gasteiger partial charge is 0.378 e. The van der Waals surface area contributed by atoms with E-state index in [2.05, 4.69) is 35.7 Å². The molecular weight excluding hydrogens is 370 g/mol. The molecule has 2 aromatic rings. The van der Waals surface area contributed by atoms with Crippen molar-refractivity contribution < 1.29 is 9.84 Å². The second-order valence-corrected chi connectivity index (χ2v) is 7.00. The highest BCUT2D eigenvalue weighted by Crippen LogP contribution is 2.36. The van der Waals surface area contributed by atoms with Gasteiger partial charge in [-0.15, -0.1) is 12.4 Å². The van der Waals surface area contributed by atoms with Gasteiger partial charge in [0, 0.05) is 13.1 Å². The number of nitrogens with one attached hydrogen (secondary N) is 1. The lowest BCUT2D eigenvalue weighted by Gasteiger charge is -2.38. The van der Waals surface area contributed by atoms with Crippen LogP contribution in [-0.2, 0) is 10.3 Å². The Labute approximate surface area is 172 Å². The van der Waals surface area contributed by atoms with Crippen molar-refractivity contribution in [1.29, 1.82) is 0 Å². The molecule has 0 saturated carbocycles. The van der Waals surface area contributed by atoms with Crippen molar-refractivity contribution >= 4 is 18.0 Å². The lowest BCUT2D eigenvalue weighted by Crippen LogP contribution is -2.50. The summed E-state index contributed by atoms with van der Waals surface area (Å²) >= 11 is 0. The first-order valence-corrected chi connectivity index (χ1v) is 9.52. The van der Waals surface area contributed by atoms with Crippen LogP contribution in [0.15, 0.2) is 90.5 Å². The van der Waals surface area contributed by atoms with Crippen molar-refractivity contribution in [3.05, 3.63) is 102 Å². The van der Waals surface area contributed by atoms with Gasteiger partial charge in [-0.2, -0.15) is 0 Å². The molecule has 0 radical (unpaired) electrons. The normalized spacial score (nSPS) is 22.8. The fourth-order valence-corrected chi connectivity index (χ4v) is 3.79. The molecule has 1 saturated heterocycles. The molecule has 0 aromatic heterocycles. The fourth-order valence-electron chi connectivity index (χ4n) is 3.79. The molecule has 2 N–H and O–H groups in total. The van der Waals surface area contributed by atoms with Crippen molar-refractivity contribution in [2.75, 3.05) is 19.7 Å². The first-order chi connectivity index (χ1) is 13.3. The summed E-state index contributed by atoms with van der Waals surface area (Å²) in [5, 5.41) is 15.2. The average Bonchev–Trinajstić information content (AvgIpc) is 2.76. The highest BCUT2D eigenvalue weighted by Gasteiger charge is 2.39. The number of aliphatic hydroxyl groups is 1. The van der Waals surface area contributed by atoms with E-state index >= 15 is 0 Å². The Hall–Kier alpha value is -2.17. The zero-order chi connectivity index (χ0) is 18.5. The number of allylic oxidation sites excluding steroid dienone is 5. The van der Waals surface area contributed by atoms with Crippen LogP contribution < -0.4 is 5.32 Å². The third-order valence-corrected chi connectivity index (χ3v) is 5.22. The average molecular weight is 396 g/mol. The summed E-state index contributed by atoms with van der Waals surface area (Å²) in [7, 11) is 0. The first-order valence-electron chi connectivity index (χ1n) is 9.52. The van der Waals surface area contributed by atoms with Gasteiger partial charge in [-0.1, -0.05) is 78.9 Å². The monoisotopic (exact) mass is 395 g/mol. The second-order valence-electron chi connectivity index (χ2n) is 7.00. The Kier molecular flexibility index (Phi) is 6.87. The molecule has 2 aromatic carbocycles. The van der Waals surface area contributed by atoms with Gasteiger partial charge in [0.2, 0.25) is 0 Å². The predicted molar refractivity (Wildman–Crippen MR) is 116 cm³/mol. The van der Waals surface area contributed by atoms with Crippen molar-refractivity contribution in [3.63, 3.8) is 0 Å². The van der Waals surface area contributed by atoms with Crippen LogP contribution >= 0.6 is 12.4 Å². The number of hydrogen-bond acceptors (Lipinski definition) is 3. The molecule has 4 rings (SSSR count). The Morgan fingerprint density at radius 2 is 1.75 bits per heavy atom. The number of rotatable bonds is 4. The minimum atomic E-state index is -1.19. The zero-order valence-electron chi connectivity index (χ0n) is 15.8. The van der Waals surface area contributed by atoms with E-state index in [0.29, 0.717) is 13.2 Å². The highest BCUT2D eigenvalue weighted by molar-refractivity contribution is 5.85. The van der Waals surface area contributed by atoms with Gasteiger partial charge in [0.25, 0.3) is 0 Å². The SMILES string of the molecule is Cl.O[C@@](C=C1CC=CC=C1c1ccccc1)(c1ccccc1)[C@H]1CNCCO1. The molecular formula is C24H26ClNO2. The third kappa shape index (κ3) is 4.29. The van der Waals surface area contributed by atoms with Crippen LogP contribution in [0.5, 0.6) is 0 Å². The van der Waals surface area contributed by atoms with E-state index in [1.807, 2.05) is 54.6 Å². The summed E-state index contributed by atoms with van der Waals surface area (Å²) in [4.78, 5) is 0. The molecule has 0 unspecified atom stereocenters. The van der Waals surface area contributed by atoms with E-state index in [-0.39, 0.29) is 18.5 Å². The molecule has 4 heteroatoms. The van der Waals surface area contributed by atoms with Gasteiger partial charge in [0.15, 0.2) is 0 Å². The van der Waals surface area contributed by atoms with Crippen LogP contribution in [-0.4, -0.2) is 30.9 Å². The number of morpholine rings is 1. The molecule has 28 heavy (non-hydrogen) atoms. The van der Waals surface area contributed by atoms with Gasteiger partial charge < -0.3 is 15.2 Å². The van der Waals surface area contributed by atoms with E-state index in [9.17, 15) is 5.11 Å². The molecule has 0 bridgehead atoms. The minimum Gasteiger partial charge on any atom is -0.378 e. The summed E-state index contributed by atoms with van der Waals surface area (Å²) in [6.45, 7) is 2.04. The van der Waals surface area contributed by atoms with Gasteiger partial charge in [-0.05, 0) is 34.8 Å². The van der Waals surface area contributed by atoms with Crippen LogP contribution in [0.3, 0.4) is 0 Å². The maximum absolute atomic E-state index is 11.8. The highest BCUT2D eigenvalue weighted by atomic mass is 35.5. The molecule has 146 valence electrons. The summed E-state index contributed by atoms with van der Waals surface area (Å²) in [6.07, 6.45) is 8.79. The van der Waals surface area contributed by atoms with Crippen molar-refractivity contribution in [2.45, 2.75) is 18.1 Å². The van der Waals surface area contributed by atoms with E-state index in [1.54, 1.807) is 0 Å². The first kappa shape index (κ1) is 20.6. The summed E-state index contributed by atoms with van der Waals surface area (Å²) in [6, 6.07) is 20.2. The number of benzene rings is 2. The van der Waals surface area contributed by atoms with E-state index < -0.39 is 5.60 Å². The lowest BCUT2D eigenvalue weighted by molar-refractivity contribution is -0.0973. The molecule has 3 nitrogen and oxygen atoms in total. The van der Waals surface area contributed by atoms with Crippen LogP contribution in [0.2, 0.25) is 0 Å². The van der Waals surface area contributed by atoms with Gasteiger partial charge in [-0.25, -0.2) is 0 Å². The third-order valence-electron chi connectivity index (χ3n) is 5.22. The summed E-state index contributed by atoms with van der Waals surface area (Å²) in [5.74, 6) is 0. The van der Waals surface area contributed by atoms with E-state index in [4.69, 9.17) is 4.74 Å². The molecule has 2 atom stereocenters. The summed E-state index contributed by atoms with van der Waals surface area (Å²) < 4.78 is 5.99. The van der Waals surface area contributed by atoms with Gasteiger partial charge in [0.05, 0.1) is 6.61 Å². The van der Waals surface area contributed by atoms with Crippen LogP contribution in [0, 0.1) is 0 Å². The Bertz CT molecular complexity index is 855. The maximum Gasteiger partial charge on any atom is 0.136 e. The van der Waals surface area contributed by atoms with Crippen molar-refractivity contribution in [1.82, 2.24) is 5.32 Å². The fraction of sp³-hybridized carbons (Fsp3) is 0.250. The maximum atomic E-state index is 11.8. The predicted octanol–water partition coefficient (Wildman–Crippen LogP) is 4.25. The van der Waals surface area contributed by atoms with Crippen molar-refractivity contribution in [2.24, 2.45) is 0 Å². The smallest absolute Gasteiger partial charge is 0.136 e. The van der Waals surface area contributed by atoms with Gasteiger partial charge in [0.1, 0.15) is 11.7 Å². The van der Waals surface area contributed by atoms with E-state index in [0.717, 1.165) is 35.2 Å². The molecule has 2 aliphatic rings. The number of hydrogen-bond donors (Lipinski definition) is 2. The quantitative estimate of drug-likeness (QED) is 0.812. The molecule has 0 spiro atoms. The Morgan fingerprint density at radius 1 is 1.04 bits per heavy atom. The lowest BCUT2D eigenvalue weighted by atomic mass is 9.81. The van der Waals surface area contributed by atoms with E-state index in [1.165, 1.54) is 0 Å². The van der Waals surface area contributed by atoms with Crippen LogP contribution in [0.1, 0.15) is 17.5 Å². The van der Waals surface area contributed by atoms with Crippen LogP contribution in [0.25, 0.3) is 5.57 Å². The molecule has 1 aliphatic carbocycles. The standard InChI is InChI=1S/C24H25NO2.ClH/c26-24(21-12-5-2-6-13-21,23-18-25-15-16-27-23)17-20-11-7-8-14-22(20)19-9-3-1-4-10-19;/h1-10,12-14,17,23,25-26H,11,15-16,18H2;1H/t23-,24+;/m1./s1. The molecule has 1 fully saturated rings. The molecule has 1 aliphatic heterocycles. The Morgan fingerprint density at radius 3 is 2.43 bits per heavy atom. The number of halogens is 1. The minimum absolute atomic E-state index is 0. The molecule has 0 amide bonds. The molecule has 1 heterocycles. The zero-order valence-corrected chi connectivity index (χ0v) is 16.6.